The van der Waals surface area contributed by atoms with Gasteiger partial charge in [0.2, 0.25) is 0 Å². The van der Waals surface area contributed by atoms with Gasteiger partial charge in [0, 0.05) is 24.6 Å². The lowest BCUT2D eigenvalue weighted by Crippen LogP contribution is -3.06. The number of methoxy groups -OCH3 is 1. The molecule has 1 aromatic rings. The number of nitrogens with two attached hydrogens (primary N) is 1. The molecular weight excluding hydrogens is 294 g/mol. The Kier molecular flexibility index (Phi) is 4.97. The van der Waals surface area contributed by atoms with Crippen LogP contribution in [-0.4, -0.2) is 29.3 Å². The van der Waals surface area contributed by atoms with Gasteiger partial charge < -0.3 is 20.7 Å². The Morgan fingerprint density at radius 1 is 1.14 bits per heavy atom. The molecule has 0 aliphatic carbocycles. The zero-order valence-electron chi connectivity index (χ0n) is 14.2. The molecule has 4 nitrogen and oxygen atoms in total. The third kappa shape index (κ3) is 4.85. The summed E-state index contributed by atoms with van der Waals surface area (Å²) in [5.74, 6) is 0.843. The van der Waals surface area contributed by atoms with E-state index in [9.17, 15) is 0 Å². The minimum atomic E-state index is 0.231. The third-order valence-electron chi connectivity index (χ3n) is 4.01. The first-order valence-corrected chi connectivity index (χ1v) is 8.19. The van der Waals surface area contributed by atoms with Crippen LogP contribution in [0.5, 0.6) is 5.75 Å². The van der Waals surface area contributed by atoms with Crippen molar-refractivity contribution in [3.05, 3.63) is 24.3 Å². The van der Waals surface area contributed by atoms with Crippen LogP contribution in [0.3, 0.4) is 0 Å². The van der Waals surface area contributed by atoms with Crippen LogP contribution in [0.4, 0.5) is 5.69 Å². The maximum Gasteiger partial charge on any atom is 0.171 e. The molecule has 1 aliphatic rings. The second kappa shape index (κ2) is 6.42. The van der Waals surface area contributed by atoms with Gasteiger partial charge in [0.15, 0.2) is 5.11 Å². The number of hydrogen-bond acceptors (Lipinski definition) is 2. The van der Waals surface area contributed by atoms with Crippen LogP contribution >= 0.6 is 12.2 Å². The summed E-state index contributed by atoms with van der Waals surface area (Å²) in [5, 5.41) is 9.88. The summed E-state index contributed by atoms with van der Waals surface area (Å²) < 4.78 is 5.16. The largest absolute Gasteiger partial charge is 0.497 e. The van der Waals surface area contributed by atoms with Crippen molar-refractivity contribution < 1.29 is 10.1 Å². The van der Waals surface area contributed by atoms with Crippen molar-refractivity contribution in [2.24, 2.45) is 0 Å². The van der Waals surface area contributed by atoms with Crippen LogP contribution in [0, 0.1) is 0 Å². The van der Waals surface area contributed by atoms with E-state index in [-0.39, 0.29) is 11.1 Å². The second-order valence-electron chi connectivity index (χ2n) is 7.55. The Labute approximate surface area is 139 Å². The highest BCUT2D eigenvalue weighted by molar-refractivity contribution is 7.80. The fourth-order valence-corrected chi connectivity index (χ4v) is 3.93. The summed E-state index contributed by atoms with van der Waals surface area (Å²) in [4.78, 5) is 0. The number of benzene rings is 1. The van der Waals surface area contributed by atoms with E-state index in [0.717, 1.165) is 24.3 Å². The van der Waals surface area contributed by atoms with Crippen LogP contribution in [-0.2, 0) is 0 Å². The lowest BCUT2D eigenvalue weighted by atomic mass is 9.80. The molecule has 0 unspecified atom stereocenters. The van der Waals surface area contributed by atoms with E-state index in [2.05, 4.69) is 43.6 Å². The molecule has 22 heavy (non-hydrogen) atoms. The SMILES string of the molecule is COc1ccc(NC(=S)NC2CC(C)(C)[NH2+]C(C)(C)C2)cc1. The predicted octanol–water partition coefficient (Wildman–Crippen LogP) is 2.26. The fourth-order valence-electron chi connectivity index (χ4n) is 3.65. The van der Waals surface area contributed by atoms with Crippen molar-refractivity contribution in [3.8, 4) is 5.75 Å². The van der Waals surface area contributed by atoms with Crippen molar-refractivity contribution in [1.82, 2.24) is 5.32 Å². The average molecular weight is 322 g/mol. The molecule has 1 aromatic carbocycles. The first-order chi connectivity index (χ1) is 10.2. The number of hydrogen-bond donors (Lipinski definition) is 3. The van der Waals surface area contributed by atoms with Gasteiger partial charge in [0.1, 0.15) is 5.75 Å². The smallest absolute Gasteiger partial charge is 0.171 e. The number of rotatable bonds is 3. The zero-order valence-corrected chi connectivity index (χ0v) is 15.0. The van der Waals surface area contributed by atoms with E-state index in [1.807, 2.05) is 24.3 Å². The van der Waals surface area contributed by atoms with E-state index in [4.69, 9.17) is 17.0 Å². The minimum absolute atomic E-state index is 0.231. The average Bonchev–Trinajstić information content (AvgIpc) is 2.35. The maximum atomic E-state index is 5.46. The molecule has 0 atom stereocenters. The molecule has 1 heterocycles. The summed E-state index contributed by atoms with van der Waals surface area (Å²) in [5.41, 5.74) is 1.43. The highest BCUT2D eigenvalue weighted by atomic mass is 32.1. The molecule has 0 aromatic heterocycles. The monoisotopic (exact) mass is 322 g/mol. The Morgan fingerprint density at radius 3 is 2.18 bits per heavy atom. The Morgan fingerprint density at radius 2 is 1.68 bits per heavy atom. The van der Waals surface area contributed by atoms with E-state index < -0.39 is 0 Å². The van der Waals surface area contributed by atoms with Gasteiger partial charge in [0.25, 0.3) is 0 Å². The number of ether oxygens (including phenoxy) is 1. The van der Waals surface area contributed by atoms with Gasteiger partial charge in [-0.25, -0.2) is 0 Å². The van der Waals surface area contributed by atoms with Gasteiger partial charge in [-0.1, -0.05) is 0 Å². The summed E-state index contributed by atoms with van der Waals surface area (Å²) in [7, 11) is 1.66. The lowest BCUT2D eigenvalue weighted by molar-refractivity contribution is -0.787. The highest BCUT2D eigenvalue weighted by Crippen LogP contribution is 2.22. The van der Waals surface area contributed by atoms with E-state index in [1.165, 1.54) is 0 Å². The van der Waals surface area contributed by atoms with Crippen LogP contribution in [0.25, 0.3) is 0 Å². The van der Waals surface area contributed by atoms with Crippen LogP contribution < -0.4 is 20.7 Å². The number of piperidine rings is 1. The molecular formula is C17H28N3OS+. The van der Waals surface area contributed by atoms with Crippen LogP contribution in [0.15, 0.2) is 24.3 Å². The Bertz CT molecular complexity index is 509. The number of quaternary nitrogens is 1. The molecule has 0 bridgehead atoms. The quantitative estimate of drug-likeness (QED) is 0.747. The minimum Gasteiger partial charge on any atom is -0.497 e. The summed E-state index contributed by atoms with van der Waals surface area (Å²) in [6.07, 6.45) is 2.20. The first kappa shape index (κ1) is 17.0. The normalized spacial score (nSPS) is 20.2. The molecule has 0 saturated carbocycles. The molecule has 0 amide bonds. The molecule has 0 spiro atoms. The third-order valence-corrected chi connectivity index (χ3v) is 4.23. The fraction of sp³-hybridized carbons (Fsp3) is 0.588. The van der Waals surface area contributed by atoms with Gasteiger partial charge in [-0.3, -0.25) is 0 Å². The molecule has 122 valence electrons. The summed E-state index contributed by atoms with van der Waals surface area (Å²) in [6, 6.07) is 8.18. The van der Waals surface area contributed by atoms with Crippen LogP contribution in [0.2, 0.25) is 0 Å². The highest BCUT2D eigenvalue weighted by Gasteiger charge is 2.41. The topological polar surface area (TPSA) is 49.9 Å². The molecule has 1 aliphatic heterocycles. The zero-order chi connectivity index (χ0) is 16.4. The van der Waals surface area contributed by atoms with Gasteiger partial charge in [-0.05, 0) is 64.2 Å². The maximum absolute atomic E-state index is 5.46. The van der Waals surface area contributed by atoms with Crippen molar-refractivity contribution in [3.63, 3.8) is 0 Å². The molecule has 5 heteroatoms. The molecule has 0 radical (unpaired) electrons. The molecule has 4 N–H and O–H groups in total. The second-order valence-corrected chi connectivity index (χ2v) is 7.96. The standard InChI is InChI=1S/C17H27N3OS/c1-16(2)10-13(11-17(3,4)20-16)19-15(22)18-12-6-8-14(21-5)9-7-12/h6-9,13,20H,10-11H2,1-5H3,(H2,18,19,22)/p+1. The van der Waals surface area contributed by atoms with Crippen molar-refractivity contribution in [2.75, 3.05) is 12.4 Å². The van der Waals surface area contributed by atoms with Gasteiger partial charge in [-0.2, -0.15) is 0 Å². The van der Waals surface area contributed by atoms with Gasteiger partial charge in [0.05, 0.1) is 18.2 Å². The Hall–Kier alpha value is -1.33. The van der Waals surface area contributed by atoms with Crippen molar-refractivity contribution >= 4 is 23.0 Å². The van der Waals surface area contributed by atoms with E-state index in [0.29, 0.717) is 11.2 Å². The number of anilines is 1. The Balaban J connectivity index is 1.93. The van der Waals surface area contributed by atoms with Gasteiger partial charge >= 0.3 is 0 Å². The summed E-state index contributed by atoms with van der Waals surface area (Å²) >= 11 is 5.46. The van der Waals surface area contributed by atoms with Crippen molar-refractivity contribution in [2.45, 2.75) is 57.7 Å². The number of thiocarbonyl (C=S) groups is 1. The summed E-state index contributed by atoms with van der Waals surface area (Å²) in [6.45, 7) is 9.18. The lowest BCUT2D eigenvalue weighted by Gasteiger charge is -2.43. The van der Waals surface area contributed by atoms with Crippen molar-refractivity contribution in [1.29, 1.82) is 0 Å². The van der Waals surface area contributed by atoms with E-state index in [1.54, 1.807) is 7.11 Å². The first-order valence-electron chi connectivity index (χ1n) is 7.78. The van der Waals surface area contributed by atoms with E-state index >= 15 is 0 Å². The predicted molar refractivity (Wildman–Crippen MR) is 95.5 cm³/mol. The molecule has 1 saturated heterocycles. The van der Waals surface area contributed by atoms with Crippen LogP contribution in [0.1, 0.15) is 40.5 Å². The molecule has 2 rings (SSSR count). The number of nitrogens with one attached hydrogen (secondary N) is 2. The van der Waals surface area contributed by atoms with Gasteiger partial charge in [-0.15, -0.1) is 0 Å². The molecule has 1 fully saturated rings.